The standard InChI is InChI=1S/2C14H24N2O2S.C10H16N2O2S/c1-3-5-6-12(4-2)11-16-19(17,18)14-9-7-13(15)8-10-14;1-3-5-11-16(12-6-4-2)19(17,18)14-9-7-13(15)8-10-14;1-2-3-8-12-15(13,14)10-6-4-9(11)5-7-10/h7-10,12,16H,3-6,11,15H2,1-2H3;7-10H,3-6,11-12,15H2,1-2H3;4-7,12H,2-3,8,11H2,1H3. The van der Waals surface area contributed by atoms with Gasteiger partial charge in [0.25, 0.3) is 0 Å². The van der Waals surface area contributed by atoms with Crippen molar-refractivity contribution in [2.24, 2.45) is 5.92 Å². The second-order valence-corrected chi connectivity index (χ2v) is 18.3. The number of nitrogen functional groups attached to an aromatic ring is 3. The molecule has 1 unspecified atom stereocenters. The molecule has 3 aromatic carbocycles. The van der Waals surface area contributed by atoms with Gasteiger partial charge in [-0.25, -0.2) is 34.7 Å². The molecule has 0 radical (unpaired) electrons. The summed E-state index contributed by atoms with van der Waals surface area (Å²) >= 11 is 0. The van der Waals surface area contributed by atoms with Gasteiger partial charge in [-0.2, -0.15) is 4.31 Å². The number of nitrogens with two attached hydrogens (primary N) is 3. The molecule has 53 heavy (non-hydrogen) atoms. The third-order valence-electron chi connectivity index (χ3n) is 8.35. The van der Waals surface area contributed by atoms with Crippen molar-refractivity contribution in [2.45, 2.75) is 114 Å². The minimum Gasteiger partial charge on any atom is -0.399 e. The van der Waals surface area contributed by atoms with Crippen LogP contribution in [0.1, 0.15) is 98.8 Å². The van der Waals surface area contributed by atoms with Crippen LogP contribution in [0, 0.1) is 5.92 Å². The number of unbranched alkanes of at least 4 members (excludes halogenated alkanes) is 4. The van der Waals surface area contributed by atoms with Gasteiger partial charge in [0, 0.05) is 43.2 Å². The summed E-state index contributed by atoms with van der Waals surface area (Å²) in [5.41, 5.74) is 18.3. The van der Waals surface area contributed by atoms with E-state index in [1.165, 1.54) is 24.3 Å². The molecule has 0 fully saturated rings. The first-order valence-corrected chi connectivity index (χ1v) is 23.0. The van der Waals surface area contributed by atoms with Crippen molar-refractivity contribution in [3.05, 3.63) is 72.8 Å². The molecular weight excluding hydrogens is 733 g/mol. The Hall–Kier alpha value is -3.21. The Morgan fingerprint density at radius 1 is 0.528 bits per heavy atom. The lowest BCUT2D eigenvalue weighted by Gasteiger charge is -2.22. The topological polar surface area (TPSA) is 208 Å². The van der Waals surface area contributed by atoms with Crippen molar-refractivity contribution in [1.82, 2.24) is 13.7 Å². The summed E-state index contributed by atoms with van der Waals surface area (Å²) in [4.78, 5) is 0.855. The number of sulfonamides is 3. The van der Waals surface area contributed by atoms with Gasteiger partial charge in [-0.3, -0.25) is 0 Å². The molecule has 8 N–H and O–H groups in total. The molecule has 300 valence electrons. The zero-order chi connectivity index (χ0) is 39.9. The highest BCUT2D eigenvalue weighted by Crippen LogP contribution is 2.19. The van der Waals surface area contributed by atoms with Crippen LogP contribution in [0.3, 0.4) is 0 Å². The van der Waals surface area contributed by atoms with Crippen molar-refractivity contribution < 1.29 is 25.3 Å². The number of rotatable bonds is 21. The number of hydrogen-bond acceptors (Lipinski definition) is 9. The number of nitrogens with one attached hydrogen (secondary N) is 2. The van der Waals surface area contributed by atoms with Crippen LogP contribution < -0.4 is 26.6 Å². The minimum absolute atomic E-state index is 0.257. The highest BCUT2D eigenvalue weighted by molar-refractivity contribution is 7.90. The number of nitrogens with zero attached hydrogens (tertiary/aromatic N) is 1. The first-order chi connectivity index (χ1) is 25.1. The molecule has 0 saturated carbocycles. The van der Waals surface area contributed by atoms with Crippen LogP contribution in [-0.4, -0.2) is 55.7 Å². The molecule has 0 heterocycles. The lowest BCUT2D eigenvalue weighted by atomic mass is 10.00. The van der Waals surface area contributed by atoms with Gasteiger partial charge in [0.1, 0.15) is 0 Å². The molecule has 0 aliphatic heterocycles. The summed E-state index contributed by atoms with van der Waals surface area (Å²) in [5, 5.41) is 0. The maximum Gasteiger partial charge on any atom is 0.243 e. The lowest BCUT2D eigenvalue weighted by Crippen LogP contribution is -2.33. The average Bonchev–Trinajstić information content (AvgIpc) is 3.13. The van der Waals surface area contributed by atoms with E-state index in [4.69, 9.17) is 17.2 Å². The van der Waals surface area contributed by atoms with Gasteiger partial charge in [0.2, 0.25) is 30.1 Å². The summed E-state index contributed by atoms with van der Waals surface area (Å²) in [6.45, 7) is 12.5. The Bertz CT molecular complexity index is 1750. The van der Waals surface area contributed by atoms with Gasteiger partial charge in [-0.1, -0.05) is 73.1 Å². The molecule has 0 aliphatic rings. The summed E-state index contributed by atoms with van der Waals surface area (Å²) in [6.07, 6.45) is 9.89. The van der Waals surface area contributed by atoms with Gasteiger partial charge >= 0.3 is 0 Å². The third kappa shape index (κ3) is 18.1. The van der Waals surface area contributed by atoms with Crippen LogP contribution in [0.25, 0.3) is 0 Å². The maximum atomic E-state index is 12.5. The first-order valence-electron chi connectivity index (χ1n) is 18.6. The molecule has 0 saturated heterocycles. The van der Waals surface area contributed by atoms with Gasteiger partial charge in [0.15, 0.2) is 0 Å². The van der Waals surface area contributed by atoms with Crippen LogP contribution in [0.2, 0.25) is 0 Å². The highest BCUT2D eigenvalue weighted by atomic mass is 32.2. The largest absolute Gasteiger partial charge is 0.399 e. The molecular formula is C38H64N6O6S3. The fourth-order valence-corrected chi connectivity index (χ4v) is 8.53. The van der Waals surface area contributed by atoms with E-state index in [1.807, 2.05) is 6.92 Å². The zero-order valence-electron chi connectivity index (χ0n) is 32.3. The van der Waals surface area contributed by atoms with E-state index in [9.17, 15) is 25.3 Å². The Labute approximate surface area is 320 Å². The summed E-state index contributed by atoms with van der Waals surface area (Å²) in [7, 11) is -10.2. The zero-order valence-corrected chi connectivity index (χ0v) is 34.7. The van der Waals surface area contributed by atoms with E-state index in [2.05, 4.69) is 37.1 Å². The number of hydrogen-bond donors (Lipinski definition) is 5. The molecule has 0 amide bonds. The number of benzene rings is 3. The van der Waals surface area contributed by atoms with Crippen molar-refractivity contribution in [2.75, 3.05) is 43.4 Å². The van der Waals surface area contributed by atoms with E-state index >= 15 is 0 Å². The van der Waals surface area contributed by atoms with E-state index in [0.29, 0.717) is 54.1 Å². The van der Waals surface area contributed by atoms with Crippen molar-refractivity contribution in [3.63, 3.8) is 0 Å². The monoisotopic (exact) mass is 796 g/mol. The smallest absolute Gasteiger partial charge is 0.243 e. The third-order valence-corrected chi connectivity index (χ3v) is 13.2. The van der Waals surface area contributed by atoms with Gasteiger partial charge in [-0.15, -0.1) is 0 Å². The molecule has 0 aromatic heterocycles. The first kappa shape index (κ1) is 47.8. The Morgan fingerprint density at radius 2 is 0.906 bits per heavy atom. The molecule has 1 atom stereocenters. The SMILES string of the molecule is CCCCC(CC)CNS(=O)(=O)c1ccc(N)cc1.CCCCN(CCCC)S(=O)(=O)c1ccc(N)cc1.CCCCNS(=O)(=O)c1ccc(N)cc1. The Morgan fingerprint density at radius 3 is 1.28 bits per heavy atom. The highest BCUT2D eigenvalue weighted by Gasteiger charge is 2.23. The molecule has 0 spiro atoms. The fourth-order valence-electron chi connectivity index (χ4n) is 4.82. The van der Waals surface area contributed by atoms with Crippen LogP contribution in [0.4, 0.5) is 17.1 Å². The van der Waals surface area contributed by atoms with E-state index < -0.39 is 30.1 Å². The molecule has 0 aliphatic carbocycles. The summed E-state index contributed by atoms with van der Waals surface area (Å²) < 4.78 is 79.4. The minimum atomic E-state index is -3.41. The normalized spacial score (nSPS) is 12.3. The van der Waals surface area contributed by atoms with Gasteiger partial charge in [-0.05, 0) is 104 Å². The Kier molecular flexibility index (Phi) is 22.5. The second kappa shape index (κ2) is 25.0. The quantitative estimate of drug-likeness (QED) is 0.0556. The fraction of sp³-hybridized carbons (Fsp3) is 0.526. The van der Waals surface area contributed by atoms with Crippen molar-refractivity contribution in [3.8, 4) is 0 Å². The van der Waals surface area contributed by atoms with Crippen LogP contribution in [-0.2, 0) is 30.1 Å². The Balaban J connectivity index is 0.000000401. The van der Waals surface area contributed by atoms with Crippen LogP contribution in [0.15, 0.2) is 87.5 Å². The average molecular weight is 797 g/mol. The molecule has 3 rings (SSSR count). The van der Waals surface area contributed by atoms with Gasteiger partial charge < -0.3 is 17.2 Å². The lowest BCUT2D eigenvalue weighted by molar-refractivity contribution is 0.395. The second-order valence-electron chi connectivity index (χ2n) is 12.8. The van der Waals surface area contributed by atoms with E-state index in [0.717, 1.165) is 64.2 Å². The molecule has 12 nitrogen and oxygen atoms in total. The molecule has 0 bridgehead atoms. The van der Waals surface area contributed by atoms with Crippen LogP contribution >= 0.6 is 0 Å². The maximum absolute atomic E-state index is 12.5. The summed E-state index contributed by atoms with van der Waals surface area (Å²) in [6, 6.07) is 18.8. The predicted molar refractivity (Wildman–Crippen MR) is 220 cm³/mol. The summed E-state index contributed by atoms with van der Waals surface area (Å²) in [5.74, 6) is 0.406. The van der Waals surface area contributed by atoms with Crippen LogP contribution in [0.5, 0.6) is 0 Å². The predicted octanol–water partition coefficient (Wildman–Crippen LogP) is 6.97. The molecule has 3 aromatic rings. The van der Waals surface area contributed by atoms with Gasteiger partial charge in [0.05, 0.1) is 14.7 Å². The van der Waals surface area contributed by atoms with Crippen molar-refractivity contribution in [1.29, 1.82) is 0 Å². The van der Waals surface area contributed by atoms with Crippen molar-refractivity contribution >= 4 is 47.1 Å². The van der Waals surface area contributed by atoms with E-state index in [-0.39, 0.29) is 9.79 Å². The van der Waals surface area contributed by atoms with E-state index in [1.54, 1.807) is 52.8 Å². The number of anilines is 3. The molecule has 15 heteroatoms.